The van der Waals surface area contributed by atoms with Gasteiger partial charge in [-0.1, -0.05) is 0 Å². The van der Waals surface area contributed by atoms with Gasteiger partial charge in [0.15, 0.2) is 0 Å². The number of aromatic nitrogens is 1. The molecule has 1 N–H and O–H groups in total. The number of aliphatic carboxylic acids is 1. The molecule has 1 spiro atoms. The number of hydrogen-bond acceptors (Lipinski definition) is 6. The Balaban J connectivity index is 0.000000396. The molecular formula is C15H16F6N2O5S2. The molecule has 0 radical (unpaired) electrons. The summed E-state index contributed by atoms with van der Waals surface area (Å²) in [5.74, 6) is -2.10. The summed E-state index contributed by atoms with van der Waals surface area (Å²) >= 11 is 1.49. The van der Waals surface area contributed by atoms with Crippen molar-refractivity contribution in [3.8, 4) is 0 Å². The van der Waals surface area contributed by atoms with Crippen LogP contribution < -0.4 is 0 Å². The number of rotatable bonds is 4. The molecule has 7 nitrogen and oxygen atoms in total. The quantitative estimate of drug-likeness (QED) is 0.659. The molecule has 15 heteroatoms. The molecule has 170 valence electrons. The lowest BCUT2D eigenvalue weighted by Gasteiger charge is -2.46. The number of thioether (sulfide) groups is 1. The van der Waals surface area contributed by atoms with Gasteiger partial charge < -0.3 is 9.84 Å². The van der Waals surface area contributed by atoms with Crippen LogP contribution in [0.4, 0.5) is 26.3 Å². The molecule has 0 saturated carbocycles. The second kappa shape index (κ2) is 8.88. The predicted molar refractivity (Wildman–Crippen MR) is 92.9 cm³/mol. The molecule has 2 aliphatic heterocycles. The van der Waals surface area contributed by atoms with E-state index in [4.69, 9.17) is 14.6 Å². The molecule has 0 aromatic carbocycles. The first kappa shape index (κ1) is 24.7. The number of sulfonamides is 1. The van der Waals surface area contributed by atoms with Crippen molar-refractivity contribution in [2.75, 3.05) is 18.8 Å². The van der Waals surface area contributed by atoms with Crippen LogP contribution in [0.3, 0.4) is 0 Å². The number of hydrogen-bond donors (Lipinski definition) is 1. The van der Waals surface area contributed by atoms with Gasteiger partial charge in [-0.05, 0) is 24.1 Å². The Labute approximate surface area is 171 Å². The maximum atomic E-state index is 12.5. The van der Waals surface area contributed by atoms with E-state index in [1.54, 1.807) is 12.4 Å². The van der Waals surface area contributed by atoms with Gasteiger partial charge in [0.05, 0.1) is 12.7 Å². The van der Waals surface area contributed by atoms with E-state index in [2.05, 4.69) is 4.98 Å². The minimum Gasteiger partial charge on any atom is -0.475 e. The normalized spacial score (nSPS) is 21.6. The van der Waals surface area contributed by atoms with Crippen molar-refractivity contribution in [3.05, 3.63) is 30.1 Å². The van der Waals surface area contributed by atoms with Crippen LogP contribution in [0.15, 0.2) is 24.5 Å². The minimum absolute atomic E-state index is 0.0797. The highest BCUT2D eigenvalue weighted by Gasteiger charge is 2.60. The molecular weight excluding hydrogens is 466 g/mol. The van der Waals surface area contributed by atoms with Crippen LogP contribution in [0.1, 0.15) is 12.0 Å². The van der Waals surface area contributed by atoms with Crippen molar-refractivity contribution in [1.29, 1.82) is 0 Å². The molecule has 0 amide bonds. The third-order valence-electron chi connectivity index (χ3n) is 4.21. The van der Waals surface area contributed by atoms with E-state index in [0.717, 1.165) is 5.56 Å². The van der Waals surface area contributed by atoms with Crippen LogP contribution in [0.25, 0.3) is 0 Å². The van der Waals surface area contributed by atoms with Crippen molar-refractivity contribution in [1.82, 2.24) is 9.29 Å². The van der Waals surface area contributed by atoms with Crippen molar-refractivity contribution in [2.45, 2.75) is 35.6 Å². The Morgan fingerprint density at radius 2 is 1.77 bits per heavy atom. The van der Waals surface area contributed by atoms with Gasteiger partial charge in [0, 0.05) is 36.0 Å². The van der Waals surface area contributed by atoms with Crippen LogP contribution in [-0.4, -0.2) is 70.2 Å². The molecule has 1 unspecified atom stereocenters. The first-order valence-corrected chi connectivity index (χ1v) is 10.6. The third kappa shape index (κ3) is 5.98. The zero-order valence-corrected chi connectivity index (χ0v) is 16.6. The first-order chi connectivity index (χ1) is 13.7. The minimum atomic E-state index is -5.23. The van der Waals surface area contributed by atoms with Crippen LogP contribution >= 0.6 is 11.8 Å². The fourth-order valence-electron chi connectivity index (χ4n) is 2.74. The van der Waals surface area contributed by atoms with Crippen LogP contribution in [0.5, 0.6) is 0 Å². The summed E-state index contributed by atoms with van der Waals surface area (Å²) < 4.78 is 97.7. The van der Waals surface area contributed by atoms with Crippen molar-refractivity contribution >= 4 is 27.8 Å². The molecule has 1 aromatic rings. The summed E-state index contributed by atoms with van der Waals surface area (Å²) in [6, 6.07) is 3.66. The number of carboxylic acids is 1. The van der Waals surface area contributed by atoms with Gasteiger partial charge in [-0.25, -0.2) is 13.2 Å². The van der Waals surface area contributed by atoms with Gasteiger partial charge in [-0.2, -0.15) is 30.6 Å². The Hall–Kier alpha value is -1.58. The molecule has 1 atom stereocenters. The topological polar surface area (TPSA) is 96.8 Å². The van der Waals surface area contributed by atoms with E-state index in [1.165, 1.54) is 11.8 Å². The highest BCUT2D eigenvalue weighted by molar-refractivity contribution is 8.01. The lowest BCUT2D eigenvalue weighted by molar-refractivity contribution is -0.192. The van der Waals surface area contributed by atoms with E-state index in [-0.39, 0.29) is 19.2 Å². The van der Waals surface area contributed by atoms with E-state index >= 15 is 0 Å². The second-order valence-electron chi connectivity index (χ2n) is 6.51. The van der Waals surface area contributed by atoms with E-state index < -0.39 is 32.4 Å². The van der Waals surface area contributed by atoms with Gasteiger partial charge in [0.2, 0.25) is 0 Å². The molecule has 0 aliphatic carbocycles. The van der Waals surface area contributed by atoms with Crippen molar-refractivity contribution in [3.63, 3.8) is 0 Å². The Kier molecular flexibility index (Phi) is 7.31. The maximum Gasteiger partial charge on any atom is 0.511 e. The number of alkyl halides is 6. The fraction of sp³-hybridized carbons (Fsp3) is 0.600. The molecule has 3 rings (SSSR count). The van der Waals surface area contributed by atoms with E-state index in [9.17, 15) is 34.8 Å². The summed E-state index contributed by atoms with van der Waals surface area (Å²) in [7, 11) is -5.20. The summed E-state index contributed by atoms with van der Waals surface area (Å²) in [6.45, 7) is 0.206. The van der Waals surface area contributed by atoms with E-state index in [0.29, 0.717) is 23.1 Å². The molecule has 3 heterocycles. The summed E-state index contributed by atoms with van der Waals surface area (Å²) in [4.78, 5) is 12.8. The highest BCUT2D eigenvalue weighted by Crippen LogP contribution is 2.48. The van der Waals surface area contributed by atoms with Crippen molar-refractivity contribution < 1.29 is 49.4 Å². The SMILES string of the molecule is O=C(O)C(F)(F)F.O=S(=O)(N1CC2(CC(OCc3ccncc3)CS2)C1)C(F)(F)F. The average Bonchev–Trinajstić information content (AvgIpc) is 3.03. The van der Waals surface area contributed by atoms with Gasteiger partial charge >= 0.3 is 27.7 Å². The summed E-state index contributed by atoms with van der Waals surface area (Å²) in [5, 5.41) is 7.12. The monoisotopic (exact) mass is 482 g/mol. The number of pyridine rings is 1. The van der Waals surface area contributed by atoms with Crippen LogP contribution in [-0.2, 0) is 26.2 Å². The zero-order valence-electron chi connectivity index (χ0n) is 15.0. The summed E-state index contributed by atoms with van der Waals surface area (Å²) in [6.07, 6.45) is -1.28. The molecule has 1 aromatic heterocycles. The number of ether oxygens (including phenoxy) is 1. The van der Waals surface area contributed by atoms with Crippen molar-refractivity contribution in [2.24, 2.45) is 0 Å². The molecule has 2 saturated heterocycles. The first-order valence-electron chi connectivity index (χ1n) is 8.17. The Morgan fingerprint density at radius 3 is 2.23 bits per heavy atom. The number of halogens is 6. The smallest absolute Gasteiger partial charge is 0.475 e. The molecule has 2 aliphatic rings. The number of carbonyl (C=O) groups is 1. The Morgan fingerprint density at radius 1 is 1.23 bits per heavy atom. The van der Waals surface area contributed by atoms with Crippen LogP contribution in [0, 0.1) is 0 Å². The average molecular weight is 482 g/mol. The summed E-state index contributed by atoms with van der Waals surface area (Å²) in [5.41, 5.74) is -4.25. The molecule has 2 fully saturated rings. The van der Waals surface area contributed by atoms with Crippen LogP contribution in [0.2, 0.25) is 0 Å². The van der Waals surface area contributed by atoms with Gasteiger partial charge in [-0.15, -0.1) is 11.8 Å². The van der Waals surface area contributed by atoms with Gasteiger partial charge in [0.1, 0.15) is 0 Å². The second-order valence-corrected chi connectivity index (χ2v) is 9.93. The lowest BCUT2D eigenvalue weighted by Crippen LogP contribution is -2.62. The van der Waals surface area contributed by atoms with Gasteiger partial charge in [0.25, 0.3) is 0 Å². The third-order valence-corrected chi connectivity index (χ3v) is 7.31. The van der Waals surface area contributed by atoms with Gasteiger partial charge in [-0.3, -0.25) is 4.98 Å². The zero-order chi connectivity index (χ0) is 22.8. The lowest BCUT2D eigenvalue weighted by atomic mass is 9.95. The predicted octanol–water partition coefficient (Wildman–Crippen LogP) is 2.64. The number of nitrogens with zero attached hydrogens (tertiary/aromatic N) is 2. The molecule has 30 heavy (non-hydrogen) atoms. The Bertz CT molecular complexity index is 841. The molecule has 0 bridgehead atoms. The standard InChI is InChI=1S/C13H15F3N2O3S2.C2HF3O2/c14-13(15,16)23(19,20)18-8-12(9-18)5-11(7-22-12)21-6-10-1-3-17-4-2-10;3-2(4,5)1(6)7/h1-4,11H,5-9H2;(H,6,7). The maximum absolute atomic E-state index is 12.5. The van der Waals surface area contributed by atoms with E-state index in [1.807, 2.05) is 12.1 Å². The fourth-order valence-corrected chi connectivity index (χ4v) is 5.58. The highest BCUT2D eigenvalue weighted by atomic mass is 32.2. The largest absolute Gasteiger partial charge is 0.511 e. The number of carboxylic acid groups (broad SMARTS) is 1.